The fraction of sp³-hybridized carbons (Fsp3) is 0.391. The SMILES string of the molecule is CC(C)NC(=O)[C@@H](C)N(Cc1cccc(Br)c1)C(=O)CN(c1ccc2c(c1)OCO2)S(C)(=O)=O. The van der Waals surface area contributed by atoms with Crippen molar-refractivity contribution >= 4 is 43.5 Å². The number of halogens is 1. The topological polar surface area (TPSA) is 105 Å². The van der Waals surface area contributed by atoms with Gasteiger partial charge >= 0.3 is 0 Å². The molecule has 1 N–H and O–H groups in total. The number of sulfonamides is 1. The van der Waals surface area contributed by atoms with Crippen LogP contribution in [0.4, 0.5) is 5.69 Å². The number of carbonyl (C=O) groups excluding carboxylic acids is 2. The van der Waals surface area contributed by atoms with Gasteiger partial charge in [0.25, 0.3) is 0 Å². The molecule has 9 nitrogen and oxygen atoms in total. The van der Waals surface area contributed by atoms with Gasteiger partial charge in [0.15, 0.2) is 11.5 Å². The summed E-state index contributed by atoms with van der Waals surface area (Å²) in [6.07, 6.45) is 1.03. The Hall–Kier alpha value is -2.79. The molecule has 0 aromatic heterocycles. The second-order valence-electron chi connectivity index (χ2n) is 8.30. The molecule has 0 fully saturated rings. The second kappa shape index (κ2) is 10.6. The smallest absolute Gasteiger partial charge is 0.244 e. The quantitative estimate of drug-likeness (QED) is 0.511. The van der Waals surface area contributed by atoms with E-state index in [0.717, 1.165) is 20.6 Å². The minimum absolute atomic E-state index is 0.0412. The van der Waals surface area contributed by atoms with Crippen LogP contribution in [-0.2, 0) is 26.2 Å². The Bertz CT molecular complexity index is 1170. The molecule has 0 aliphatic carbocycles. The fourth-order valence-electron chi connectivity index (χ4n) is 3.47. The molecule has 0 spiro atoms. The summed E-state index contributed by atoms with van der Waals surface area (Å²) in [5.41, 5.74) is 1.06. The van der Waals surface area contributed by atoms with Gasteiger partial charge < -0.3 is 19.7 Å². The Morgan fingerprint density at radius 3 is 2.44 bits per heavy atom. The molecule has 34 heavy (non-hydrogen) atoms. The molecule has 2 aromatic rings. The predicted octanol–water partition coefficient (Wildman–Crippen LogP) is 2.89. The Labute approximate surface area is 208 Å². The van der Waals surface area contributed by atoms with E-state index in [4.69, 9.17) is 9.47 Å². The number of nitrogens with one attached hydrogen (secondary N) is 1. The highest BCUT2D eigenvalue weighted by Crippen LogP contribution is 2.36. The lowest BCUT2D eigenvalue weighted by Crippen LogP contribution is -2.52. The number of hydrogen-bond donors (Lipinski definition) is 1. The van der Waals surface area contributed by atoms with Crippen LogP contribution in [0, 0.1) is 0 Å². The summed E-state index contributed by atoms with van der Waals surface area (Å²) in [5, 5.41) is 2.81. The third kappa shape index (κ3) is 6.41. The first kappa shape index (κ1) is 25.8. The first-order valence-corrected chi connectivity index (χ1v) is 13.3. The Kier molecular flexibility index (Phi) is 8.09. The van der Waals surface area contributed by atoms with E-state index in [9.17, 15) is 18.0 Å². The predicted molar refractivity (Wildman–Crippen MR) is 132 cm³/mol. The monoisotopic (exact) mass is 553 g/mol. The molecule has 0 radical (unpaired) electrons. The highest BCUT2D eigenvalue weighted by Gasteiger charge is 2.31. The van der Waals surface area contributed by atoms with Crippen molar-refractivity contribution in [3.63, 3.8) is 0 Å². The standard InChI is InChI=1S/C23H28BrN3O6S/c1-15(2)25-23(29)16(3)26(12-17-6-5-7-18(24)10-17)22(28)13-27(34(4,30)31)19-8-9-20-21(11-19)33-14-32-20/h5-11,15-16H,12-14H2,1-4H3,(H,25,29)/t16-/m1/s1. The van der Waals surface area contributed by atoms with Crippen molar-refractivity contribution in [2.45, 2.75) is 39.4 Å². The van der Waals surface area contributed by atoms with Crippen LogP contribution in [0.2, 0.25) is 0 Å². The largest absolute Gasteiger partial charge is 0.454 e. The molecule has 3 rings (SSSR count). The Balaban J connectivity index is 1.91. The minimum Gasteiger partial charge on any atom is -0.454 e. The molecule has 1 aliphatic heterocycles. The maximum absolute atomic E-state index is 13.5. The third-order valence-electron chi connectivity index (χ3n) is 5.16. The fourth-order valence-corrected chi connectivity index (χ4v) is 4.76. The van der Waals surface area contributed by atoms with Crippen molar-refractivity contribution in [1.82, 2.24) is 10.2 Å². The highest BCUT2D eigenvalue weighted by atomic mass is 79.9. The minimum atomic E-state index is -3.83. The van der Waals surface area contributed by atoms with Gasteiger partial charge in [-0.1, -0.05) is 28.1 Å². The molecular formula is C23H28BrN3O6S. The lowest BCUT2D eigenvalue weighted by Gasteiger charge is -2.32. The Morgan fingerprint density at radius 2 is 1.79 bits per heavy atom. The summed E-state index contributed by atoms with van der Waals surface area (Å²) in [6.45, 7) is 4.97. The van der Waals surface area contributed by atoms with Gasteiger partial charge in [0.2, 0.25) is 28.6 Å². The molecule has 1 heterocycles. The number of nitrogens with zero attached hydrogens (tertiary/aromatic N) is 2. The molecule has 184 valence electrons. The van der Waals surface area contributed by atoms with Crippen molar-refractivity contribution in [1.29, 1.82) is 0 Å². The van der Waals surface area contributed by atoms with Crippen LogP contribution >= 0.6 is 15.9 Å². The molecule has 0 unspecified atom stereocenters. The Morgan fingerprint density at radius 1 is 1.09 bits per heavy atom. The summed E-state index contributed by atoms with van der Waals surface area (Å²) >= 11 is 3.42. The lowest BCUT2D eigenvalue weighted by atomic mass is 10.1. The maximum atomic E-state index is 13.5. The van der Waals surface area contributed by atoms with Crippen molar-refractivity contribution in [2.24, 2.45) is 0 Å². The highest BCUT2D eigenvalue weighted by molar-refractivity contribution is 9.10. The van der Waals surface area contributed by atoms with Crippen LogP contribution in [0.25, 0.3) is 0 Å². The third-order valence-corrected chi connectivity index (χ3v) is 6.80. The van der Waals surface area contributed by atoms with Crippen LogP contribution in [0.1, 0.15) is 26.3 Å². The number of rotatable bonds is 9. The van der Waals surface area contributed by atoms with Gasteiger partial charge in [-0.3, -0.25) is 13.9 Å². The average Bonchev–Trinajstić information content (AvgIpc) is 3.21. The lowest BCUT2D eigenvalue weighted by molar-refractivity contribution is -0.139. The summed E-state index contributed by atoms with van der Waals surface area (Å²) in [4.78, 5) is 27.6. The van der Waals surface area contributed by atoms with E-state index in [1.165, 1.54) is 11.0 Å². The van der Waals surface area contributed by atoms with Crippen molar-refractivity contribution in [3.05, 3.63) is 52.5 Å². The van der Waals surface area contributed by atoms with Crippen molar-refractivity contribution < 1.29 is 27.5 Å². The number of benzene rings is 2. The number of ether oxygens (including phenoxy) is 2. The zero-order chi connectivity index (χ0) is 25.0. The molecular weight excluding hydrogens is 526 g/mol. The van der Waals surface area contributed by atoms with E-state index < -0.39 is 28.5 Å². The van der Waals surface area contributed by atoms with Gasteiger partial charge in [0, 0.05) is 23.1 Å². The van der Waals surface area contributed by atoms with Gasteiger partial charge in [-0.25, -0.2) is 8.42 Å². The molecule has 0 saturated carbocycles. The van der Waals surface area contributed by atoms with Gasteiger partial charge in [-0.05, 0) is 50.6 Å². The number of carbonyl (C=O) groups is 2. The first-order valence-electron chi connectivity index (χ1n) is 10.7. The van der Waals surface area contributed by atoms with Gasteiger partial charge in [-0.2, -0.15) is 0 Å². The molecule has 2 aromatic carbocycles. The number of fused-ring (bicyclic) bond motifs is 1. The number of amides is 2. The summed E-state index contributed by atoms with van der Waals surface area (Å²) < 4.78 is 37.8. The van der Waals surface area contributed by atoms with E-state index in [-0.39, 0.29) is 31.0 Å². The normalized spacial score (nSPS) is 13.5. The van der Waals surface area contributed by atoms with Crippen molar-refractivity contribution in [3.8, 4) is 11.5 Å². The number of hydrogen-bond acceptors (Lipinski definition) is 6. The van der Waals surface area contributed by atoms with E-state index >= 15 is 0 Å². The molecule has 11 heteroatoms. The van der Waals surface area contributed by atoms with Crippen LogP contribution in [0.3, 0.4) is 0 Å². The second-order valence-corrected chi connectivity index (χ2v) is 11.1. The van der Waals surface area contributed by atoms with Gasteiger partial charge in [0.1, 0.15) is 12.6 Å². The zero-order valence-corrected chi connectivity index (χ0v) is 21.9. The maximum Gasteiger partial charge on any atom is 0.244 e. The molecule has 1 atom stereocenters. The molecule has 2 amide bonds. The van der Waals surface area contributed by atoms with E-state index in [1.807, 2.05) is 38.1 Å². The van der Waals surface area contributed by atoms with Crippen LogP contribution in [0.5, 0.6) is 11.5 Å². The summed E-state index contributed by atoms with van der Waals surface area (Å²) in [6, 6.07) is 11.1. The molecule has 1 aliphatic rings. The van der Waals surface area contributed by atoms with Crippen LogP contribution in [-0.4, -0.2) is 56.8 Å². The average molecular weight is 554 g/mol. The van der Waals surface area contributed by atoms with E-state index in [0.29, 0.717) is 11.5 Å². The van der Waals surface area contributed by atoms with E-state index in [1.54, 1.807) is 19.1 Å². The first-order chi connectivity index (χ1) is 16.0. The molecule has 0 bridgehead atoms. The molecule has 0 saturated heterocycles. The van der Waals surface area contributed by atoms with Gasteiger partial charge in [0.05, 0.1) is 11.9 Å². The van der Waals surface area contributed by atoms with Crippen LogP contribution in [0.15, 0.2) is 46.9 Å². The zero-order valence-electron chi connectivity index (χ0n) is 19.4. The number of anilines is 1. The summed E-state index contributed by atoms with van der Waals surface area (Å²) in [7, 11) is -3.83. The summed E-state index contributed by atoms with van der Waals surface area (Å²) in [5.74, 6) is 0.0508. The van der Waals surface area contributed by atoms with E-state index in [2.05, 4.69) is 21.2 Å². The van der Waals surface area contributed by atoms with Gasteiger partial charge in [-0.15, -0.1) is 0 Å². The van der Waals surface area contributed by atoms with Crippen LogP contribution < -0.4 is 19.1 Å². The van der Waals surface area contributed by atoms with Crippen molar-refractivity contribution in [2.75, 3.05) is 23.9 Å².